The summed E-state index contributed by atoms with van der Waals surface area (Å²) in [6.45, 7) is 2.63. The molecule has 0 amide bonds. The van der Waals surface area contributed by atoms with E-state index in [9.17, 15) is 0 Å². The molecule has 0 aromatic carbocycles. The molecular weight excluding hydrogens is 214 g/mol. The lowest BCUT2D eigenvalue weighted by Crippen LogP contribution is -2.24. The summed E-state index contributed by atoms with van der Waals surface area (Å²) in [4.78, 5) is 0. The molecule has 0 saturated carbocycles. The van der Waals surface area contributed by atoms with Crippen LogP contribution in [-0.2, 0) is 4.74 Å². The van der Waals surface area contributed by atoms with Crippen molar-refractivity contribution in [2.24, 2.45) is 5.16 Å². The molecule has 96 valence electrons. The first-order valence-corrected chi connectivity index (χ1v) is 6.51. The topological polar surface area (TPSA) is 41.8 Å². The zero-order chi connectivity index (χ0) is 12.3. The van der Waals surface area contributed by atoms with Crippen molar-refractivity contribution in [2.45, 2.75) is 51.6 Å². The molecule has 1 rings (SSSR count). The lowest BCUT2D eigenvalue weighted by molar-refractivity contribution is 0.0997. The van der Waals surface area contributed by atoms with Crippen LogP contribution in [0.1, 0.15) is 45.4 Å². The number of ether oxygens (including phenoxy) is 1. The van der Waals surface area contributed by atoms with Crippen LogP contribution in [0.5, 0.6) is 0 Å². The minimum Gasteiger partial charge on any atom is -0.411 e. The van der Waals surface area contributed by atoms with E-state index >= 15 is 0 Å². The fourth-order valence-electron chi connectivity index (χ4n) is 1.97. The molecule has 0 heterocycles. The van der Waals surface area contributed by atoms with Crippen molar-refractivity contribution in [3.8, 4) is 0 Å². The second-order valence-electron chi connectivity index (χ2n) is 4.17. The molecule has 3 nitrogen and oxygen atoms in total. The summed E-state index contributed by atoms with van der Waals surface area (Å²) >= 11 is 0. The van der Waals surface area contributed by atoms with Gasteiger partial charge in [-0.2, -0.15) is 0 Å². The molecule has 3 heteroatoms. The van der Waals surface area contributed by atoms with E-state index in [4.69, 9.17) is 9.94 Å². The summed E-state index contributed by atoms with van der Waals surface area (Å²) in [5, 5.41) is 12.5. The molecule has 0 radical (unpaired) electrons. The third-order valence-electron chi connectivity index (χ3n) is 2.86. The van der Waals surface area contributed by atoms with Gasteiger partial charge in [-0.1, -0.05) is 29.5 Å². The van der Waals surface area contributed by atoms with Gasteiger partial charge in [-0.05, 0) is 45.4 Å². The molecule has 0 bridgehead atoms. The van der Waals surface area contributed by atoms with Gasteiger partial charge < -0.3 is 9.94 Å². The molecule has 0 saturated heterocycles. The number of hydrogen-bond acceptors (Lipinski definition) is 3. The van der Waals surface area contributed by atoms with Crippen LogP contribution in [0.2, 0.25) is 0 Å². The van der Waals surface area contributed by atoms with E-state index in [1.807, 2.05) is 6.92 Å². The van der Waals surface area contributed by atoms with Crippen LogP contribution in [0.25, 0.3) is 0 Å². The Hall–Kier alpha value is -1.09. The van der Waals surface area contributed by atoms with Gasteiger partial charge in [0, 0.05) is 6.61 Å². The van der Waals surface area contributed by atoms with Gasteiger partial charge in [0.2, 0.25) is 0 Å². The third-order valence-corrected chi connectivity index (χ3v) is 2.86. The first-order valence-electron chi connectivity index (χ1n) is 6.51. The number of oxime groups is 1. The van der Waals surface area contributed by atoms with E-state index in [0.29, 0.717) is 6.61 Å². The Balaban J connectivity index is 2.63. The highest BCUT2D eigenvalue weighted by atomic mass is 16.5. The molecule has 1 unspecified atom stereocenters. The minimum absolute atomic E-state index is 0.0394. The largest absolute Gasteiger partial charge is 0.411 e. The van der Waals surface area contributed by atoms with Gasteiger partial charge in [-0.25, -0.2) is 0 Å². The van der Waals surface area contributed by atoms with Gasteiger partial charge in [-0.3, -0.25) is 0 Å². The zero-order valence-corrected chi connectivity index (χ0v) is 10.6. The monoisotopic (exact) mass is 237 g/mol. The summed E-state index contributed by atoms with van der Waals surface area (Å²) in [5.41, 5.74) is 0.769. The van der Waals surface area contributed by atoms with Crippen molar-refractivity contribution in [3.05, 3.63) is 24.3 Å². The average Bonchev–Trinajstić information content (AvgIpc) is 2.33. The van der Waals surface area contributed by atoms with Crippen molar-refractivity contribution in [1.29, 1.82) is 0 Å². The van der Waals surface area contributed by atoms with Crippen LogP contribution < -0.4 is 0 Å². The molecule has 0 aromatic rings. The molecule has 0 aliphatic heterocycles. The van der Waals surface area contributed by atoms with Crippen molar-refractivity contribution in [3.63, 3.8) is 0 Å². The van der Waals surface area contributed by atoms with Crippen molar-refractivity contribution >= 4 is 5.71 Å². The van der Waals surface area contributed by atoms with E-state index in [0.717, 1.165) is 44.2 Å². The number of hydrogen-bond donors (Lipinski definition) is 1. The third kappa shape index (κ3) is 5.68. The standard InChI is InChI=1S/C14H23NO2/c1-2-17-14-12-10-8-6-4-3-5-7-9-11-13(14)15-16/h5-8,14,16H,2-4,9-12H2,1H3/b7-5+,8-6+,15-13+. The maximum absolute atomic E-state index is 9.06. The molecule has 0 spiro atoms. The Morgan fingerprint density at radius 1 is 1.18 bits per heavy atom. The highest BCUT2D eigenvalue weighted by Gasteiger charge is 2.15. The Bertz CT molecular complexity index is 282. The van der Waals surface area contributed by atoms with Crippen LogP contribution >= 0.6 is 0 Å². The fourth-order valence-corrected chi connectivity index (χ4v) is 1.97. The van der Waals surface area contributed by atoms with E-state index in [1.54, 1.807) is 0 Å². The van der Waals surface area contributed by atoms with Gasteiger partial charge in [0.25, 0.3) is 0 Å². The molecular formula is C14H23NO2. The normalized spacial score (nSPS) is 29.2. The predicted octanol–water partition coefficient (Wildman–Crippen LogP) is 3.69. The molecule has 1 aliphatic carbocycles. The molecule has 1 aliphatic rings. The van der Waals surface area contributed by atoms with Crippen LogP contribution in [0.15, 0.2) is 29.5 Å². The second kappa shape index (κ2) is 8.99. The molecule has 1 N–H and O–H groups in total. The van der Waals surface area contributed by atoms with Crippen molar-refractivity contribution in [1.82, 2.24) is 0 Å². The number of nitrogens with zero attached hydrogens (tertiary/aromatic N) is 1. The van der Waals surface area contributed by atoms with E-state index in [1.165, 1.54) is 0 Å². The van der Waals surface area contributed by atoms with Crippen molar-refractivity contribution in [2.75, 3.05) is 6.61 Å². The Labute approximate surface area is 104 Å². The smallest absolute Gasteiger partial charge is 0.0991 e. The van der Waals surface area contributed by atoms with Crippen LogP contribution in [-0.4, -0.2) is 23.6 Å². The van der Waals surface area contributed by atoms with Crippen LogP contribution in [0.3, 0.4) is 0 Å². The summed E-state index contributed by atoms with van der Waals surface area (Å²) in [5.74, 6) is 0. The Morgan fingerprint density at radius 3 is 2.47 bits per heavy atom. The predicted molar refractivity (Wildman–Crippen MR) is 70.6 cm³/mol. The summed E-state index contributed by atoms with van der Waals surface area (Å²) in [6.07, 6.45) is 14.5. The minimum atomic E-state index is -0.0394. The van der Waals surface area contributed by atoms with Crippen molar-refractivity contribution < 1.29 is 9.94 Å². The Morgan fingerprint density at radius 2 is 1.82 bits per heavy atom. The average molecular weight is 237 g/mol. The summed E-state index contributed by atoms with van der Waals surface area (Å²) in [7, 11) is 0. The number of rotatable bonds is 2. The van der Waals surface area contributed by atoms with Gasteiger partial charge >= 0.3 is 0 Å². The van der Waals surface area contributed by atoms with Gasteiger partial charge in [0.15, 0.2) is 0 Å². The summed E-state index contributed by atoms with van der Waals surface area (Å²) in [6, 6.07) is 0. The zero-order valence-electron chi connectivity index (χ0n) is 10.6. The molecule has 0 fully saturated rings. The maximum Gasteiger partial charge on any atom is 0.0991 e. The fraction of sp³-hybridized carbons (Fsp3) is 0.643. The molecule has 1 atom stereocenters. The van der Waals surface area contributed by atoms with Crippen LogP contribution in [0.4, 0.5) is 0 Å². The Kier molecular flexibility index (Phi) is 7.39. The molecule has 17 heavy (non-hydrogen) atoms. The van der Waals surface area contributed by atoms with Gasteiger partial charge in [0.1, 0.15) is 0 Å². The highest BCUT2D eigenvalue weighted by Crippen LogP contribution is 2.12. The summed E-state index contributed by atoms with van der Waals surface area (Å²) < 4.78 is 5.64. The quantitative estimate of drug-likeness (QED) is 0.452. The first-order chi connectivity index (χ1) is 8.38. The first kappa shape index (κ1) is 14.0. The van der Waals surface area contributed by atoms with E-state index < -0.39 is 0 Å². The van der Waals surface area contributed by atoms with E-state index in [-0.39, 0.29) is 6.10 Å². The number of allylic oxidation sites excluding steroid dienone is 4. The molecule has 0 aromatic heterocycles. The van der Waals surface area contributed by atoms with Gasteiger partial charge in [-0.15, -0.1) is 0 Å². The van der Waals surface area contributed by atoms with Crippen LogP contribution in [0, 0.1) is 0 Å². The second-order valence-corrected chi connectivity index (χ2v) is 4.17. The SMILES string of the molecule is CCOC1CC/C=C/CC/C=C/CC/C1=N\O. The highest BCUT2D eigenvalue weighted by molar-refractivity contribution is 5.88. The van der Waals surface area contributed by atoms with Gasteiger partial charge in [0.05, 0.1) is 11.8 Å². The lowest BCUT2D eigenvalue weighted by Gasteiger charge is -2.17. The van der Waals surface area contributed by atoms with E-state index in [2.05, 4.69) is 29.5 Å². The maximum atomic E-state index is 9.06. The lowest BCUT2D eigenvalue weighted by atomic mass is 10.0.